The summed E-state index contributed by atoms with van der Waals surface area (Å²) < 4.78 is 25.4. The molecule has 2 N–H and O–H groups in total. The predicted octanol–water partition coefficient (Wildman–Crippen LogP) is -0.914. The molecule has 1 aliphatic rings. The van der Waals surface area contributed by atoms with Gasteiger partial charge in [0, 0.05) is 18.7 Å². The van der Waals surface area contributed by atoms with E-state index in [0.29, 0.717) is 0 Å². The van der Waals surface area contributed by atoms with E-state index in [-0.39, 0.29) is 6.42 Å². The van der Waals surface area contributed by atoms with Crippen LogP contribution in [0, 0.1) is 0 Å². The molecule has 1 saturated heterocycles. The van der Waals surface area contributed by atoms with Crippen molar-refractivity contribution in [2.24, 2.45) is 0 Å². The monoisotopic (exact) mass is 302 g/mol. The molecule has 116 valence electrons. The molecule has 2 rings (SSSR count). The summed E-state index contributed by atoms with van der Waals surface area (Å²) in [6.45, 7) is 0.972. The zero-order valence-electron chi connectivity index (χ0n) is 11.2. The molecule has 1 fully saturated rings. The lowest BCUT2D eigenvalue weighted by Gasteiger charge is -2.17. The number of aromatic nitrogens is 2. The summed E-state index contributed by atoms with van der Waals surface area (Å²) in [6.07, 6.45) is -4.50. The summed E-state index contributed by atoms with van der Waals surface area (Å²) in [5.41, 5.74) is -1.48. The molecule has 0 radical (unpaired) electrons. The Balaban J connectivity index is 2.28. The number of esters is 1. The molecule has 0 bridgehead atoms. The molecule has 0 amide bonds. The standard InChI is InChI=1S/C12H15FN2O6/c1-2-8(18)21-10-6(5-16)20-11(9(10)13)15-4-3-7(17)14-12(15)19/h3-4,6,9-11,16H,2,5H2,1H3,(H,14,17,19). The number of rotatable bonds is 4. The maximum atomic E-state index is 14.4. The van der Waals surface area contributed by atoms with Gasteiger partial charge in [0.1, 0.15) is 6.10 Å². The third kappa shape index (κ3) is 3.03. The number of aromatic amines is 1. The minimum Gasteiger partial charge on any atom is -0.456 e. The molecule has 21 heavy (non-hydrogen) atoms. The maximum Gasteiger partial charge on any atom is 0.330 e. The van der Waals surface area contributed by atoms with Gasteiger partial charge in [0.05, 0.1) is 6.61 Å². The van der Waals surface area contributed by atoms with E-state index in [4.69, 9.17) is 9.47 Å². The Bertz CT molecular complexity index is 627. The van der Waals surface area contributed by atoms with Crippen LogP contribution in [0.25, 0.3) is 0 Å². The number of nitrogens with one attached hydrogen (secondary N) is 1. The van der Waals surface area contributed by atoms with Crippen LogP contribution in [0.5, 0.6) is 0 Å². The van der Waals surface area contributed by atoms with Crippen LogP contribution in [0.3, 0.4) is 0 Å². The second kappa shape index (κ2) is 6.19. The summed E-state index contributed by atoms with van der Waals surface area (Å²) in [4.78, 5) is 35.9. The Morgan fingerprint density at radius 2 is 2.29 bits per heavy atom. The summed E-state index contributed by atoms with van der Waals surface area (Å²) in [7, 11) is 0. The Kier molecular flexibility index (Phi) is 4.53. The van der Waals surface area contributed by atoms with Crippen LogP contribution in [-0.4, -0.2) is 45.6 Å². The molecule has 9 heteroatoms. The van der Waals surface area contributed by atoms with E-state index >= 15 is 0 Å². The highest BCUT2D eigenvalue weighted by atomic mass is 19.1. The van der Waals surface area contributed by atoms with Gasteiger partial charge in [-0.25, -0.2) is 9.18 Å². The number of hydrogen-bond acceptors (Lipinski definition) is 6. The van der Waals surface area contributed by atoms with Gasteiger partial charge < -0.3 is 14.6 Å². The second-order valence-electron chi connectivity index (χ2n) is 4.52. The Morgan fingerprint density at radius 3 is 2.86 bits per heavy atom. The summed E-state index contributed by atoms with van der Waals surface area (Å²) in [5.74, 6) is -0.640. The molecule has 2 heterocycles. The SMILES string of the molecule is CCC(=O)OC1C(CO)OC(n2ccc(=O)[nH]c2=O)C1F. The van der Waals surface area contributed by atoms with Crippen molar-refractivity contribution in [3.8, 4) is 0 Å². The first-order valence-electron chi connectivity index (χ1n) is 6.39. The van der Waals surface area contributed by atoms with Crippen molar-refractivity contribution in [1.29, 1.82) is 0 Å². The average Bonchev–Trinajstić information content (AvgIpc) is 2.76. The maximum absolute atomic E-state index is 14.4. The van der Waals surface area contributed by atoms with Crippen molar-refractivity contribution in [2.45, 2.75) is 38.0 Å². The fraction of sp³-hybridized carbons (Fsp3) is 0.583. The molecule has 1 aliphatic heterocycles. The van der Waals surface area contributed by atoms with Gasteiger partial charge in [0.2, 0.25) is 0 Å². The van der Waals surface area contributed by atoms with E-state index in [0.717, 1.165) is 16.8 Å². The summed E-state index contributed by atoms with van der Waals surface area (Å²) in [6, 6.07) is 1.04. The summed E-state index contributed by atoms with van der Waals surface area (Å²) >= 11 is 0. The third-order valence-electron chi connectivity index (χ3n) is 3.13. The lowest BCUT2D eigenvalue weighted by molar-refractivity contribution is -0.154. The van der Waals surface area contributed by atoms with E-state index in [1.807, 2.05) is 4.98 Å². The molecular formula is C12H15FN2O6. The van der Waals surface area contributed by atoms with Crippen molar-refractivity contribution in [1.82, 2.24) is 9.55 Å². The number of halogens is 1. The molecule has 0 spiro atoms. The number of aliphatic hydroxyl groups is 1. The number of carbonyl (C=O) groups is 1. The minimum atomic E-state index is -1.85. The van der Waals surface area contributed by atoms with Gasteiger partial charge in [-0.15, -0.1) is 0 Å². The zero-order chi connectivity index (χ0) is 15.6. The first-order chi connectivity index (χ1) is 9.97. The van der Waals surface area contributed by atoms with Crippen molar-refractivity contribution < 1.29 is 23.8 Å². The van der Waals surface area contributed by atoms with Gasteiger partial charge in [-0.2, -0.15) is 0 Å². The van der Waals surface area contributed by atoms with Crippen LogP contribution in [0.15, 0.2) is 21.9 Å². The molecule has 0 saturated carbocycles. The van der Waals surface area contributed by atoms with Crippen molar-refractivity contribution in [3.05, 3.63) is 33.1 Å². The Labute approximate surface area is 118 Å². The Hall–Kier alpha value is -2.00. The highest BCUT2D eigenvalue weighted by Gasteiger charge is 2.48. The number of hydrogen-bond donors (Lipinski definition) is 2. The first kappa shape index (κ1) is 15.4. The lowest BCUT2D eigenvalue weighted by atomic mass is 10.1. The number of aliphatic hydroxyl groups excluding tert-OH is 1. The third-order valence-corrected chi connectivity index (χ3v) is 3.13. The van der Waals surface area contributed by atoms with Gasteiger partial charge in [-0.05, 0) is 0 Å². The van der Waals surface area contributed by atoms with Crippen LogP contribution >= 0.6 is 0 Å². The molecule has 8 nitrogen and oxygen atoms in total. The molecule has 1 aromatic heterocycles. The van der Waals surface area contributed by atoms with Crippen molar-refractivity contribution >= 4 is 5.97 Å². The van der Waals surface area contributed by atoms with E-state index in [9.17, 15) is 23.9 Å². The van der Waals surface area contributed by atoms with Gasteiger partial charge in [-0.1, -0.05) is 6.92 Å². The predicted molar refractivity (Wildman–Crippen MR) is 67.4 cm³/mol. The summed E-state index contributed by atoms with van der Waals surface area (Å²) in [5, 5.41) is 9.19. The van der Waals surface area contributed by atoms with E-state index in [1.165, 1.54) is 0 Å². The smallest absolute Gasteiger partial charge is 0.330 e. The fourth-order valence-electron chi connectivity index (χ4n) is 2.07. The normalized spacial score (nSPS) is 28.5. The van der Waals surface area contributed by atoms with Crippen LogP contribution in [0.4, 0.5) is 4.39 Å². The fourth-order valence-corrected chi connectivity index (χ4v) is 2.07. The van der Waals surface area contributed by atoms with Crippen LogP contribution in [-0.2, 0) is 14.3 Å². The van der Waals surface area contributed by atoms with Gasteiger partial charge in [-0.3, -0.25) is 19.1 Å². The van der Waals surface area contributed by atoms with Gasteiger partial charge in [0.15, 0.2) is 18.5 Å². The second-order valence-corrected chi connectivity index (χ2v) is 4.52. The molecule has 0 aliphatic carbocycles. The van der Waals surface area contributed by atoms with Gasteiger partial charge >= 0.3 is 11.7 Å². The van der Waals surface area contributed by atoms with Crippen LogP contribution in [0.2, 0.25) is 0 Å². The Morgan fingerprint density at radius 1 is 1.57 bits per heavy atom. The van der Waals surface area contributed by atoms with Gasteiger partial charge in [0.25, 0.3) is 5.56 Å². The lowest BCUT2D eigenvalue weighted by Crippen LogP contribution is -2.37. The minimum absolute atomic E-state index is 0.0463. The number of nitrogens with zero attached hydrogens (tertiary/aromatic N) is 1. The quantitative estimate of drug-likeness (QED) is 0.696. The van der Waals surface area contributed by atoms with E-state index < -0.39 is 48.4 Å². The number of alkyl halides is 1. The molecule has 4 unspecified atom stereocenters. The molecule has 4 atom stereocenters. The topological polar surface area (TPSA) is 111 Å². The number of ether oxygens (including phenoxy) is 2. The zero-order valence-corrected chi connectivity index (χ0v) is 11.2. The molecule has 0 aromatic carbocycles. The van der Waals surface area contributed by atoms with E-state index in [2.05, 4.69) is 0 Å². The molecular weight excluding hydrogens is 287 g/mol. The van der Waals surface area contributed by atoms with E-state index in [1.54, 1.807) is 6.92 Å². The van der Waals surface area contributed by atoms with Crippen molar-refractivity contribution in [3.63, 3.8) is 0 Å². The number of H-pyrrole nitrogens is 1. The highest BCUT2D eigenvalue weighted by molar-refractivity contribution is 5.69. The average molecular weight is 302 g/mol. The highest BCUT2D eigenvalue weighted by Crippen LogP contribution is 2.32. The largest absolute Gasteiger partial charge is 0.456 e. The van der Waals surface area contributed by atoms with Crippen LogP contribution < -0.4 is 11.2 Å². The first-order valence-corrected chi connectivity index (χ1v) is 6.39. The van der Waals surface area contributed by atoms with Crippen LogP contribution in [0.1, 0.15) is 19.6 Å². The number of carbonyl (C=O) groups excluding carboxylic acids is 1. The van der Waals surface area contributed by atoms with Crippen molar-refractivity contribution in [2.75, 3.05) is 6.61 Å². The molecule has 1 aromatic rings.